The molecule has 5 heteroatoms. The fourth-order valence-electron chi connectivity index (χ4n) is 1.39. The molecule has 0 aliphatic carbocycles. The van der Waals surface area contributed by atoms with Crippen LogP contribution in [0.3, 0.4) is 0 Å². The SMILES string of the molecule is COc1ccc(N)c(S(=O)CCCCC#N)c1. The smallest absolute Gasteiger partial charge is 0.120 e. The summed E-state index contributed by atoms with van der Waals surface area (Å²) in [5.41, 5.74) is 6.29. The molecular formula is C12H16N2O2S. The minimum atomic E-state index is -1.12. The molecule has 1 atom stereocenters. The number of nitrogens with two attached hydrogens (primary N) is 1. The highest BCUT2D eigenvalue weighted by Crippen LogP contribution is 2.23. The first-order valence-electron chi connectivity index (χ1n) is 5.38. The van der Waals surface area contributed by atoms with Gasteiger partial charge in [-0.2, -0.15) is 5.26 Å². The molecule has 0 fully saturated rings. The molecule has 1 aromatic rings. The molecule has 1 aromatic carbocycles. The van der Waals surface area contributed by atoms with Gasteiger partial charge < -0.3 is 10.5 Å². The van der Waals surface area contributed by atoms with Crippen LogP contribution in [0.15, 0.2) is 23.1 Å². The molecule has 92 valence electrons. The Balaban J connectivity index is 2.65. The number of nitriles is 1. The van der Waals surface area contributed by atoms with Crippen LogP contribution >= 0.6 is 0 Å². The van der Waals surface area contributed by atoms with Gasteiger partial charge in [-0.1, -0.05) is 0 Å². The van der Waals surface area contributed by atoms with E-state index in [-0.39, 0.29) is 0 Å². The standard InChI is InChI=1S/C12H16N2O2S/c1-16-10-5-6-11(14)12(9-10)17(15)8-4-2-3-7-13/h5-6,9H,2-4,8,14H2,1H3. The zero-order chi connectivity index (χ0) is 12.7. The Morgan fingerprint density at radius 3 is 2.88 bits per heavy atom. The van der Waals surface area contributed by atoms with Crippen molar-refractivity contribution in [2.45, 2.75) is 24.2 Å². The van der Waals surface area contributed by atoms with E-state index in [0.717, 1.165) is 12.8 Å². The monoisotopic (exact) mass is 252 g/mol. The van der Waals surface area contributed by atoms with Crippen molar-refractivity contribution in [1.82, 2.24) is 0 Å². The molecule has 0 spiro atoms. The second-order valence-corrected chi connectivity index (χ2v) is 5.11. The third-order valence-electron chi connectivity index (χ3n) is 2.33. The van der Waals surface area contributed by atoms with E-state index in [4.69, 9.17) is 15.7 Å². The molecule has 1 unspecified atom stereocenters. The molecule has 17 heavy (non-hydrogen) atoms. The van der Waals surface area contributed by atoms with Crippen LogP contribution in [0.25, 0.3) is 0 Å². The highest BCUT2D eigenvalue weighted by atomic mass is 32.2. The first-order valence-corrected chi connectivity index (χ1v) is 6.69. The van der Waals surface area contributed by atoms with Gasteiger partial charge in [-0.15, -0.1) is 0 Å². The number of hydrogen-bond donors (Lipinski definition) is 1. The third kappa shape index (κ3) is 4.08. The van der Waals surface area contributed by atoms with Gasteiger partial charge in [-0.05, 0) is 31.0 Å². The lowest BCUT2D eigenvalue weighted by molar-refractivity contribution is 0.413. The van der Waals surface area contributed by atoms with Crippen LogP contribution in [0.4, 0.5) is 5.69 Å². The Morgan fingerprint density at radius 2 is 2.24 bits per heavy atom. The Labute approximate surface area is 104 Å². The van der Waals surface area contributed by atoms with Crippen LogP contribution in [-0.2, 0) is 10.8 Å². The molecule has 0 aliphatic rings. The third-order valence-corrected chi connectivity index (χ3v) is 3.84. The number of unbranched alkanes of at least 4 members (excludes halogenated alkanes) is 2. The molecule has 0 amide bonds. The van der Waals surface area contributed by atoms with E-state index in [0.29, 0.717) is 28.5 Å². The number of methoxy groups -OCH3 is 1. The molecule has 0 saturated carbocycles. The Kier molecular flexibility index (Phi) is 5.50. The maximum atomic E-state index is 12.0. The fourth-order valence-corrected chi connectivity index (χ4v) is 2.65. The lowest BCUT2D eigenvalue weighted by Gasteiger charge is -2.07. The van der Waals surface area contributed by atoms with Crippen LogP contribution in [-0.4, -0.2) is 17.1 Å². The molecular weight excluding hydrogens is 236 g/mol. The predicted octanol–water partition coefficient (Wildman–Crippen LogP) is 2.08. The maximum Gasteiger partial charge on any atom is 0.120 e. The minimum absolute atomic E-state index is 0.505. The van der Waals surface area contributed by atoms with Gasteiger partial charge in [0, 0.05) is 17.9 Å². The van der Waals surface area contributed by atoms with Gasteiger partial charge >= 0.3 is 0 Å². The van der Waals surface area contributed by atoms with Crippen molar-refractivity contribution in [1.29, 1.82) is 5.26 Å². The van der Waals surface area contributed by atoms with E-state index in [1.54, 1.807) is 25.3 Å². The van der Waals surface area contributed by atoms with Crippen molar-refractivity contribution in [2.24, 2.45) is 0 Å². The van der Waals surface area contributed by atoms with Gasteiger partial charge in [0.1, 0.15) is 5.75 Å². The second kappa shape index (κ2) is 6.92. The summed E-state index contributed by atoms with van der Waals surface area (Å²) in [6.45, 7) is 0. The second-order valence-electron chi connectivity index (χ2n) is 3.57. The zero-order valence-electron chi connectivity index (χ0n) is 9.81. The summed E-state index contributed by atoms with van der Waals surface area (Å²) in [7, 11) is 0.436. The summed E-state index contributed by atoms with van der Waals surface area (Å²) in [5, 5.41) is 8.40. The maximum absolute atomic E-state index is 12.0. The van der Waals surface area contributed by atoms with Crippen LogP contribution < -0.4 is 10.5 Å². The number of nitrogen functional groups attached to an aromatic ring is 1. The normalized spacial score (nSPS) is 11.8. The van der Waals surface area contributed by atoms with Crippen molar-refractivity contribution in [3.05, 3.63) is 18.2 Å². The predicted molar refractivity (Wildman–Crippen MR) is 68.1 cm³/mol. The van der Waals surface area contributed by atoms with E-state index in [1.807, 2.05) is 0 Å². The van der Waals surface area contributed by atoms with Gasteiger partial charge in [-0.3, -0.25) is 4.21 Å². The molecule has 0 radical (unpaired) electrons. The molecule has 0 aromatic heterocycles. The average Bonchev–Trinajstić information content (AvgIpc) is 2.35. The summed E-state index contributed by atoms with van der Waals surface area (Å²) in [4.78, 5) is 0.612. The topological polar surface area (TPSA) is 76.1 Å². The molecule has 0 bridgehead atoms. The van der Waals surface area contributed by atoms with E-state index >= 15 is 0 Å². The summed E-state index contributed by atoms with van der Waals surface area (Å²) < 4.78 is 17.1. The average molecular weight is 252 g/mol. The van der Waals surface area contributed by atoms with Crippen molar-refractivity contribution in [3.8, 4) is 11.8 Å². The Hall–Kier alpha value is -1.54. The van der Waals surface area contributed by atoms with Crippen molar-refractivity contribution < 1.29 is 8.95 Å². The summed E-state index contributed by atoms with van der Waals surface area (Å²) >= 11 is 0. The van der Waals surface area contributed by atoms with Crippen LogP contribution in [0, 0.1) is 11.3 Å². The minimum Gasteiger partial charge on any atom is -0.497 e. The highest BCUT2D eigenvalue weighted by Gasteiger charge is 2.09. The fraction of sp³-hybridized carbons (Fsp3) is 0.417. The zero-order valence-corrected chi connectivity index (χ0v) is 10.6. The Morgan fingerprint density at radius 1 is 1.47 bits per heavy atom. The highest BCUT2D eigenvalue weighted by molar-refractivity contribution is 7.85. The van der Waals surface area contributed by atoms with Gasteiger partial charge in [0.05, 0.1) is 28.9 Å². The number of nitrogens with zero attached hydrogens (tertiary/aromatic N) is 1. The molecule has 2 N–H and O–H groups in total. The Bertz CT molecular complexity index is 441. The van der Waals surface area contributed by atoms with Gasteiger partial charge in [0.2, 0.25) is 0 Å². The largest absolute Gasteiger partial charge is 0.497 e. The quantitative estimate of drug-likeness (QED) is 0.621. The molecule has 1 rings (SSSR count). The molecule has 0 aliphatic heterocycles. The first-order chi connectivity index (χ1) is 8.19. The van der Waals surface area contributed by atoms with Crippen molar-refractivity contribution >= 4 is 16.5 Å². The van der Waals surface area contributed by atoms with Crippen molar-refractivity contribution in [3.63, 3.8) is 0 Å². The summed E-state index contributed by atoms with van der Waals surface area (Å²) in [5.74, 6) is 1.18. The van der Waals surface area contributed by atoms with Crippen LogP contribution in [0.5, 0.6) is 5.75 Å². The number of anilines is 1. The van der Waals surface area contributed by atoms with Gasteiger partial charge in [0.25, 0.3) is 0 Å². The molecule has 0 heterocycles. The van der Waals surface area contributed by atoms with E-state index < -0.39 is 10.8 Å². The van der Waals surface area contributed by atoms with Crippen molar-refractivity contribution in [2.75, 3.05) is 18.6 Å². The van der Waals surface area contributed by atoms with Gasteiger partial charge in [-0.25, -0.2) is 0 Å². The summed E-state index contributed by atoms with van der Waals surface area (Å²) in [6, 6.07) is 7.21. The van der Waals surface area contributed by atoms with Crippen LogP contribution in [0.2, 0.25) is 0 Å². The number of benzene rings is 1. The van der Waals surface area contributed by atoms with E-state index in [2.05, 4.69) is 6.07 Å². The number of ether oxygens (including phenoxy) is 1. The molecule has 4 nitrogen and oxygen atoms in total. The lowest BCUT2D eigenvalue weighted by Crippen LogP contribution is -2.02. The number of hydrogen-bond acceptors (Lipinski definition) is 4. The van der Waals surface area contributed by atoms with E-state index in [9.17, 15) is 4.21 Å². The number of rotatable bonds is 6. The van der Waals surface area contributed by atoms with Crippen LogP contribution in [0.1, 0.15) is 19.3 Å². The summed E-state index contributed by atoms with van der Waals surface area (Å²) in [6.07, 6.45) is 2.04. The van der Waals surface area contributed by atoms with Gasteiger partial charge in [0.15, 0.2) is 0 Å². The molecule has 0 saturated heterocycles. The van der Waals surface area contributed by atoms with E-state index in [1.165, 1.54) is 0 Å². The first kappa shape index (κ1) is 13.5. The lowest BCUT2D eigenvalue weighted by atomic mass is 10.3.